The van der Waals surface area contributed by atoms with Gasteiger partial charge in [0.15, 0.2) is 5.65 Å². The number of rotatable bonds is 3. The van der Waals surface area contributed by atoms with Crippen molar-refractivity contribution < 1.29 is 0 Å². The van der Waals surface area contributed by atoms with Crippen molar-refractivity contribution in [2.45, 2.75) is 20.3 Å². The molecule has 2 N–H and O–H groups in total. The van der Waals surface area contributed by atoms with Crippen LogP contribution in [0.3, 0.4) is 0 Å². The Bertz CT molecular complexity index is 761. The molecule has 102 valence electrons. The number of hydrogen-bond donors (Lipinski definition) is 2. The number of aryl methyl sites for hydroxylation is 2. The number of nitrogens with one attached hydrogen (secondary N) is 2. The third kappa shape index (κ3) is 2.09. The highest BCUT2D eigenvalue weighted by molar-refractivity contribution is 5.78. The number of nitrogens with zero attached hydrogens (tertiary/aromatic N) is 4. The van der Waals surface area contributed by atoms with Crippen LogP contribution in [0, 0.1) is 6.92 Å². The Balaban J connectivity index is 2.17. The number of fused-ring (bicyclic) bond motifs is 1. The van der Waals surface area contributed by atoms with Crippen molar-refractivity contribution in [3.8, 4) is 11.4 Å². The zero-order valence-corrected chi connectivity index (χ0v) is 11.7. The van der Waals surface area contributed by atoms with Crippen molar-refractivity contribution in [3.05, 3.63) is 29.6 Å². The van der Waals surface area contributed by atoms with Crippen LogP contribution in [0.25, 0.3) is 22.6 Å². The fraction of sp³-hybridized carbons (Fsp3) is 0.286. The Morgan fingerprint density at radius 1 is 1.20 bits per heavy atom. The van der Waals surface area contributed by atoms with E-state index < -0.39 is 0 Å². The molecule has 3 aromatic rings. The Morgan fingerprint density at radius 2 is 2.05 bits per heavy atom. The summed E-state index contributed by atoms with van der Waals surface area (Å²) in [5.74, 6) is 1.59. The van der Waals surface area contributed by atoms with Gasteiger partial charge in [-0.15, -0.1) is 0 Å². The topological polar surface area (TPSA) is 79.4 Å². The van der Waals surface area contributed by atoms with Gasteiger partial charge in [-0.3, -0.25) is 0 Å². The molecule has 3 heterocycles. The largest absolute Gasteiger partial charge is 0.373 e. The monoisotopic (exact) mass is 268 g/mol. The summed E-state index contributed by atoms with van der Waals surface area (Å²) in [4.78, 5) is 12.3. The highest BCUT2D eigenvalue weighted by Crippen LogP contribution is 2.23. The molecule has 3 aromatic heterocycles. The second-order valence-electron chi connectivity index (χ2n) is 4.60. The molecule has 20 heavy (non-hydrogen) atoms. The van der Waals surface area contributed by atoms with E-state index in [0.717, 1.165) is 40.5 Å². The number of imidazole rings is 1. The van der Waals surface area contributed by atoms with Crippen molar-refractivity contribution in [3.63, 3.8) is 0 Å². The minimum atomic E-state index is 0.698. The predicted molar refractivity (Wildman–Crippen MR) is 78.6 cm³/mol. The fourth-order valence-electron chi connectivity index (χ4n) is 2.14. The SMILES string of the molecule is CCc1nnc(C)cc1-c1nc2nc(NC)ccc2[nH]1. The van der Waals surface area contributed by atoms with Gasteiger partial charge in [0, 0.05) is 12.6 Å². The standard InChI is InChI=1S/C14H16N6/c1-4-10-9(7-8(2)19-20-10)13-16-11-5-6-12(15-3)17-14(11)18-13/h5-7H,4H2,1-3H3,(H2,15,16,17,18). The van der Waals surface area contributed by atoms with E-state index in [2.05, 4.69) is 37.4 Å². The van der Waals surface area contributed by atoms with Gasteiger partial charge in [0.25, 0.3) is 0 Å². The Hall–Kier alpha value is -2.50. The quantitative estimate of drug-likeness (QED) is 0.762. The maximum Gasteiger partial charge on any atom is 0.180 e. The lowest BCUT2D eigenvalue weighted by atomic mass is 10.1. The first-order valence-electron chi connectivity index (χ1n) is 6.59. The third-order valence-electron chi connectivity index (χ3n) is 3.18. The van der Waals surface area contributed by atoms with Gasteiger partial charge in [-0.1, -0.05) is 6.92 Å². The molecule has 0 atom stereocenters. The van der Waals surface area contributed by atoms with Gasteiger partial charge in [-0.25, -0.2) is 9.97 Å². The van der Waals surface area contributed by atoms with Gasteiger partial charge in [0.2, 0.25) is 0 Å². The summed E-state index contributed by atoms with van der Waals surface area (Å²) in [7, 11) is 1.84. The molecule has 3 rings (SSSR count). The molecule has 0 saturated heterocycles. The first kappa shape index (κ1) is 12.5. The van der Waals surface area contributed by atoms with Crippen LogP contribution in [0.4, 0.5) is 5.82 Å². The smallest absolute Gasteiger partial charge is 0.180 e. The lowest BCUT2D eigenvalue weighted by Gasteiger charge is -2.03. The summed E-state index contributed by atoms with van der Waals surface area (Å²) in [6.45, 7) is 3.98. The number of aromatic nitrogens is 5. The second-order valence-corrected chi connectivity index (χ2v) is 4.60. The first-order chi connectivity index (χ1) is 9.71. The normalized spacial score (nSPS) is 10.9. The van der Waals surface area contributed by atoms with Crippen molar-refractivity contribution in [2.24, 2.45) is 0 Å². The van der Waals surface area contributed by atoms with E-state index in [9.17, 15) is 0 Å². The highest BCUT2D eigenvalue weighted by Gasteiger charge is 2.12. The number of anilines is 1. The molecule has 0 aliphatic rings. The highest BCUT2D eigenvalue weighted by atomic mass is 15.1. The molecule has 0 saturated carbocycles. The van der Waals surface area contributed by atoms with Crippen LogP contribution in [0.2, 0.25) is 0 Å². The number of aromatic amines is 1. The lowest BCUT2D eigenvalue weighted by molar-refractivity contribution is 0.893. The van der Waals surface area contributed by atoms with Gasteiger partial charge in [-0.2, -0.15) is 10.2 Å². The molecule has 0 amide bonds. The average molecular weight is 268 g/mol. The number of pyridine rings is 1. The van der Waals surface area contributed by atoms with Crippen LogP contribution in [0.1, 0.15) is 18.3 Å². The summed E-state index contributed by atoms with van der Waals surface area (Å²) in [6, 6.07) is 5.89. The van der Waals surface area contributed by atoms with E-state index in [0.29, 0.717) is 5.65 Å². The summed E-state index contributed by atoms with van der Waals surface area (Å²) in [5.41, 5.74) is 4.41. The van der Waals surface area contributed by atoms with Crippen molar-refractivity contribution in [1.82, 2.24) is 25.1 Å². The first-order valence-corrected chi connectivity index (χ1v) is 6.59. The fourth-order valence-corrected chi connectivity index (χ4v) is 2.14. The maximum atomic E-state index is 4.57. The molecule has 0 aromatic carbocycles. The average Bonchev–Trinajstić information content (AvgIpc) is 2.89. The Kier molecular flexibility index (Phi) is 3.06. The third-order valence-corrected chi connectivity index (χ3v) is 3.18. The summed E-state index contributed by atoms with van der Waals surface area (Å²) in [6.07, 6.45) is 0.814. The number of H-pyrrole nitrogens is 1. The van der Waals surface area contributed by atoms with E-state index in [-0.39, 0.29) is 0 Å². The van der Waals surface area contributed by atoms with Crippen molar-refractivity contribution in [1.29, 1.82) is 0 Å². The van der Waals surface area contributed by atoms with Gasteiger partial charge >= 0.3 is 0 Å². The van der Waals surface area contributed by atoms with Gasteiger partial charge < -0.3 is 10.3 Å². The summed E-state index contributed by atoms with van der Waals surface area (Å²) < 4.78 is 0. The zero-order chi connectivity index (χ0) is 14.1. The van der Waals surface area contributed by atoms with Crippen LogP contribution < -0.4 is 5.32 Å². The minimum absolute atomic E-state index is 0.698. The molecule has 0 bridgehead atoms. The minimum Gasteiger partial charge on any atom is -0.373 e. The molecule has 6 heteroatoms. The van der Waals surface area contributed by atoms with E-state index in [1.54, 1.807) is 0 Å². The lowest BCUT2D eigenvalue weighted by Crippen LogP contribution is -1.98. The Labute approximate surface area is 116 Å². The van der Waals surface area contributed by atoms with E-state index in [1.165, 1.54) is 0 Å². The predicted octanol–water partition coefficient (Wildman–Crippen LogP) is 2.33. The molecule has 0 unspecified atom stereocenters. The summed E-state index contributed by atoms with van der Waals surface area (Å²) >= 11 is 0. The van der Waals surface area contributed by atoms with Gasteiger partial charge in [0.1, 0.15) is 11.6 Å². The molecule has 6 nitrogen and oxygen atoms in total. The molecular formula is C14H16N6. The van der Waals surface area contributed by atoms with E-state index in [4.69, 9.17) is 0 Å². The molecule has 0 radical (unpaired) electrons. The summed E-state index contributed by atoms with van der Waals surface area (Å²) in [5, 5.41) is 11.3. The van der Waals surface area contributed by atoms with Crippen LogP contribution in [-0.2, 0) is 6.42 Å². The van der Waals surface area contributed by atoms with Crippen LogP contribution in [0.15, 0.2) is 18.2 Å². The van der Waals surface area contributed by atoms with Crippen LogP contribution in [0.5, 0.6) is 0 Å². The molecule has 0 aliphatic heterocycles. The Morgan fingerprint density at radius 3 is 2.80 bits per heavy atom. The number of hydrogen-bond acceptors (Lipinski definition) is 5. The van der Waals surface area contributed by atoms with Crippen molar-refractivity contribution in [2.75, 3.05) is 12.4 Å². The molecule has 0 spiro atoms. The maximum absolute atomic E-state index is 4.57. The van der Waals surface area contributed by atoms with Crippen molar-refractivity contribution >= 4 is 17.0 Å². The van der Waals surface area contributed by atoms with Crippen LogP contribution in [-0.4, -0.2) is 32.2 Å². The van der Waals surface area contributed by atoms with Crippen LogP contribution >= 0.6 is 0 Å². The second kappa shape index (κ2) is 4.88. The molecular weight excluding hydrogens is 252 g/mol. The molecule has 0 aliphatic carbocycles. The van der Waals surface area contributed by atoms with E-state index in [1.807, 2.05) is 32.2 Å². The van der Waals surface area contributed by atoms with Gasteiger partial charge in [-0.05, 0) is 31.5 Å². The van der Waals surface area contributed by atoms with Gasteiger partial charge in [0.05, 0.1) is 16.9 Å². The van der Waals surface area contributed by atoms with E-state index >= 15 is 0 Å². The molecule has 0 fully saturated rings. The zero-order valence-electron chi connectivity index (χ0n) is 11.7.